The van der Waals surface area contributed by atoms with Crippen molar-refractivity contribution in [1.29, 1.82) is 0 Å². The number of hydrogen-bond donors (Lipinski definition) is 2. The first-order valence-corrected chi connectivity index (χ1v) is 5.23. The summed E-state index contributed by atoms with van der Waals surface area (Å²) in [6.07, 6.45) is -0.193. The molecule has 2 N–H and O–H groups in total. The van der Waals surface area contributed by atoms with E-state index in [1.54, 1.807) is 13.8 Å². The van der Waals surface area contributed by atoms with E-state index in [4.69, 9.17) is 14.8 Å². The first kappa shape index (κ1) is 12.5. The predicted molar refractivity (Wildman–Crippen MR) is 59.7 cm³/mol. The Morgan fingerprint density at radius 3 is 2.47 bits per heavy atom. The normalized spacial score (nSPS) is 10.6. The summed E-state index contributed by atoms with van der Waals surface area (Å²) in [4.78, 5) is 0. The summed E-state index contributed by atoms with van der Waals surface area (Å²) in [5.74, 6) is -0.760. The molecule has 0 spiro atoms. The highest BCUT2D eigenvalue weighted by atomic mass is 79.9. The molecule has 0 aromatic heterocycles. The van der Waals surface area contributed by atoms with Crippen LogP contribution in [-0.4, -0.2) is 23.3 Å². The van der Waals surface area contributed by atoms with Gasteiger partial charge in [-0.3, -0.25) is 0 Å². The van der Waals surface area contributed by atoms with Crippen LogP contribution < -0.4 is 10.2 Å². The SMILES string of the molecule is CC(C)Oc1c(Br)ccc(B(O)O)c1F. The van der Waals surface area contributed by atoms with Crippen molar-refractivity contribution in [3.63, 3.8) is 0 Å². The van der Waals surface area contributed by atoms with Crippen LogP contribution >= 0.6 is 15.9 Å². The molecule has 0 radical (unpaired) electrons. The van der Waals surface area contributed by atoms with E-state index in [1.165, 1.54) is 12.1 Å². The van der Waals surface area contributed by atoms with Crippen LogP contribution in [0.2, 0.25) is 0 Å². The van der Waals surface area contributed by atoms with Gasteiger partial charge in [0.2, 0.25) is 0 Å². The van der Waals surface area contributed by atoms with Gasteiger partial charge >= 0.3 is 7.12 Å². The molecule has 6 heteroatoms. The first-order valence-electron chi connectivity index (χ1n) is 4.44. The molecular weight excluding hydrogens is 266 g/mol. The summed E-state index contributed by atoms with van der Waals surface area (Å²) in [6.45, 7) is 3.52. The second kappa shape index (κ2) is 4.96. The number of rotatable bonds is 3. The lowest BCUT2D eigenvalue weighted by Gasteiger charge is -2.14. The van der Waals surface area contributed by atoms with Crippen molar-refractivity contribution < 1.29 is 19.2 Å². The van der Waals surface area contributed by atoms with E-state index in [9.17, 15) is 4.39 Å². The summed E-state index contributed by atoms with van der Waals surface area (Å²) in [7, 11) is -1.84. The van der Waals surface area contributed by atoms with E-state index in [1.807, 2.05) is 0 Å². The summed E-state index contributed by atoms with van der Waals surface area (Å²) >= 11 is 3.13. The third-order valence-electron chi connectivity index (χ3n) is 1.71. The third kappa shape index (κ3) is 2.93. The summed E-state index contributed by atoms with van der Waals surface area (Å²) < 4.78 is 19.3. The average Bonchev–Trinajstić information content (AvgIpc) is 2.11. The van der Waals surface area contributed by atoms with Crippen molar-refractivity contribution >= 4 is 28.5 Å². The van der Waals surface area contributed by atoms with Crippen LogP contribution in [0.15, 0.2) is 16.6 Å². The van der Waals surface area contributed by atoms with Crippen LogP contribution in [0.4, 0.5) is 4.39 Å². The fraction of sp³-hybridized carbons (Fsp3) is 0.333. The van der Waals surface area contributed by atoms with Gasteiger partial charge in [0.25, 0.3) is 0 Å². The molecule has 15 heavy (non-hydrogen) atoms. The minimum atomic E-state index is -1.84. The quantitative estimate of drug-likeness (QED) is 0.812. The molecule has 0 saturated carbocycles. The third-order valence-corrected chi connectivity index (χ3v) is 2.34. The maximum absolute atomic E-state index is 13.7. The number of hydrogen-bond acceptors (Lipinski definition) is 3. The molecule has 0 fully saturated rings. The molecule has 0 bridgehead atoms. The number of halogens is 2. The zero-order chi connectivity index (χ0) is 11.6. The predicted octanol–water partition coefficient (Wildman–Crippen LogP) is 1.06. The molecule has 0 aliphatic carbocycles. The Morgan fingerprint density at radius 1 is 1.40 bits per heavy atom. The van der Waals surface area contributed by atoms with Crippen molar-refractivity contribution in [3.05, 3.63) is 22.4 Å². The van der Waals surface area contributed by atoms with Gasteiger partial charge in [0.05, 0.1) is 10.6 Å². The van der Waals surface area contributed by atoms with Crippen molar-refractivity contribution in [2.45, 2.75) is 20.0 Å². The summed E-state index contributed by atoms with van der Waals surface area (Å²) in [6, 6.07) is 2.80. The topological polar surface area (TPSA) is 49.7 Å². The standard InChI is InChI=1S/C9H11BBrFO3/c1-5(2)15-9-7(11)4-3-6(8(9)12)10(13)14/h3-5,13-14H,1-2H3. The highest BCUT2D eigenvalue weighted by Gasteiger charge is 2.22. The average molecular weight is 277 g/mol. The molecule has 0 amide bonds. The van der Waals surface area contributed by atoms with E-state index in [0.717, 1.165) is 0 Å². The Hall–Kier alpha value is -0.585. The second-order valence-corrected chi connectivity index (χ2v) is 4.17. The lowest BCUT2D eigenvalue weighted by Crippen LogP contribution is -2.33. The van der Waals surface area contributed by atoms with Gasteiger partial charge in [0.15, 0.2) is 11.6 Å². The Bertz CT molecular complexity index is 357. The van der Waals surface area contributed by atoms with Crippen molar-refractivity contribution in [1.82, 2.24) is 0 Å². The minimum absolute atomic E-state index is 0.00407. The molecule has 0 atom stereocenters. The van der Waals surface area contributed by atoms with Gasteiger partial charge in [-0.25, -0.2) is 4.39 Å². The number of ether oxygens (including phenoxy) is 1. The Balaban J connectivity index is 3.18. The van der Waals surface area contributed by atoms with Crippen molar-refractivity contribution in [2.75, 3.05) is 0 Å². The van der Waals surface area contributed by atoms with Gasteiger partial charge in [-0.2, -0.15) is 0 Å². The molecule has 1 aromatic rings. The summed E-state index contributed by atoms with van der Waals surface area (Å²) in [5, 5.41) is 17.8. The summed E-state index contributed by atoms with van der Waals surface area (Å²) in [5.41, 5.74) is -0.200. The van der Waals surface area contributed by atoms with Gasteiger partial charge in [-0.1, -0.05) is 6.07 Å². The maximum Gasteiger partial charge on any atom is 0.491 e. The first-order chi connectivity index (χ1) is 6.93. The fourth-order valence-electron chi connectivity index (χ4n) is 1.09. The van der Waals surface area contributed by atoms with E-state index in [0.29, 0.717) is 4.47 Å². The lowest BCUT2D eigenvalue weighted by molar-refractivity contribution is 0.230. The Labute approximate surface area is 96.2 Å². The molecule has 0 aliphatic rings. The van der Waals surface area contributed by atoms with E-state index >= 15 is 0 Å². The van der Waals surface area contributed by atoms with Crippen LogP contribution in [0.25, 0.3) is 0 Å². The Morgan fingerprint density at radius 2 is 2.00 bits per heavy atom. The largest absolute Gasteiger partial charge is 0.491 e. The highest BCUT2D eigenvalue weighted by Crippen LogP contribution is 2.27. The Kier molecular flexibility index (Phi) is 4.13. The fourth-order valence-corrected chi connectivity index (χ4v) is 1.49. The molecule has 1 rings (SSSR count). The molecule has 0 aliphatic heterocycles. The lowest BCUT2D eigenvalue weighted by atomic mass is 9.80. The van der Waals surface area contributed by atoms with Crippen molar-refractivity contribution in [2.24, 2.45) is 0 Å². The molecular formula is C9H11BBrFO3. The van der Waals surface area contributed by atoms with Gasteiger partial charge < -0.3 is 14.8 Å². The van der Waals surface area contributed by atoms with Crippen LogP contribution in [0.3, 0.4) is 0 Å². The zero-order valence-electron chi connectivity index (χ0n) is 8.37. The van der Waals surface area contributed by atoms with Crippen LogP contribution in [0, 0.1) is 5.82 Å². The van der Waals surface area contributed by atoms with Gasteiger partial charge in [-0.15, -0.1) is 0 Å². The maximum atomic E-state index is 13.7. The van der Waals surface area contributed by atoms with E-state index in [2.05, 4.69) is 15.9 Å². The van der Waals surface area contributed by atoms with E-state index in [-0.39, 0.29) is 17.3 Å². The highest BCUT2D eigenvalue weighted by molar-refractivity contribution is 9.10. The van der Waals surface area contributed by atoms with Gasteiger partial charge in [-0.05, 0) is 35.8 Å². The second-order valence-electron chi connectivity index (χ2n) is 3.32. The number of benzene rings is 1. The van der Waals surface area contributed by atoms with Gasteiger partial charge in [0, 0.05) is 5.46 Å². The minimum Gasteiger partial charge on any atom is -0.487 e. The van der Waals surface area contributed by atoms with E-state index < -0.39 is 12.9 Å². The molecule has 0 unspecified atom stereocenters. The smallest absolute Gasteiger partial charge is 0.487 e. The molecule has 1 aromatic carbocycles. The van der Waals surface area contributed by atoms with Crippen LogP contribution in [0.5, 0.6) is 5.75 Å². The monoisotopic (exact) mass is 276 g/mol. The van der Waals surface area contributed by atoms with Gasteiger partial charge in [0.1, 0.15) is 0 Å². The van der Waals surface area contributed by atoms with Crippen LogP contribution in [-0.2, 0) is 0 Å². The van der Waals surface area contributed by atoms with Crippen LogP contribution in [0.1, 0.15) is 13.8 Å². The molecule has 3 nitrogen and oxygen atoms in total. The van der Waals surface area contributed by atoms with Crippen molar-refractivity contribution in [3.8, 4) is 5.75 Å². The molecule has 0 saturated heterocycles. The molecule has 0 heterocycles. The molecule has 82 valence electrons. The zero-order valence-corrected chi connectivity index (χ0v) is 9.95.